The van der Waals surface area contributed by atoms with E-state index in [9.17, 15) is 0 Å². The molecule has 0 amide bonds. The normalized spacial score (nSPS) is 27.3. The lowest BCUT2D eigenvalue weighted by molar-refractivity contribution is 0.280. The van der Waals surface area contributed by atoms with Gasteiger partial charge in [-0.15, -0.1) is 0 Å². The molecule has 1 atom stereocenters. The number of rotatable bonds is 4. The molecule has 1 unspecified atom stereocenters. The average Bonchev–Trinajstić information content (AvgIpc) is 2.99. The van der Waals surface area contributed by atoms with Crippen LogP contribution in [0.15, 0.2) is 18.2 Å². The summed E-state index contributed by atoms with van der Waals surface area (Å²) in [5, 5.41) is 5.38. The number of aromatic nitrogens is 1. The highest BCUT2D eigenvalue weighted by Gasteiger charge is 2.26. The Morgan fingerprint density at radius 2 is 1.96 bits per heavy atom. The van der Waals surface area contributed by atoms with Crippen LogP contribution in [-0.2, 0) is 6.42 Å². The number of hydrogen-bond donors (Lipinski definition) is 2. The molecule has 0 bridgehead atoms. The van der Waals surface area contributed by atoms with Gasteiger partial charge >= 0.3 is 0 Å². The zero-order valence-electron chi connectivity index (χ0n) is 15.3. The summed E-state index contributed by atoms with van der Waals surface area (Å²) in [6, 6.07) is 7.61. The Bertz CT molecular complexity index is 691. The van der Waals surface area contributed by atoms with Crippen LogP contribution in [-0.4, -0.2) is 17.6 Å². The van der Waals surface area contributed by atoms with Crippen molar-refractivity contribution in [2.75, 3.05) is 6.54 Å². The van der Waals surface area contributed by atoms with Crippen molar-refractivity contribution >= 4 is 10.9 Å². The molecule has 0 spiro atoms. The Morgan fingerprint density at radius 1 is 1.12 bits per heavy atom. The molecule has 1 aromatic heterocycles. The topological polar surface area (TPSA) is 27.8 Å². The van der Waals surface area contributed by atoms with E-state index in [-0.39, 0.29) is 0 Å². The van der Waals surface area contributed by atoms with E-state index in [1.807, 2.05) is 0 Å². The molecule has 2 heteroatoms. The molecule has 0 radical (unpaired) electrons. The maximum absolute atomic E-state index is 3.91. The predicted octanol–water partition coefficient (Wildman–Crippen LogP) is 5.45. The molecule has 4 rings (SSSR count). The fraction of sp³-hybridized carbons (Fsp3) is 0.636. The summed E-state index contributed by atoms with van der Waals surface area (Å²) in [5.74, 6) is 1.66. The molecular weight excluding hydrogens is 292 g/mol. The summed E-state index contributed by atoms with van der Waals surface area (Å²) in [4.78, 5) is 3.76. The van der Waals surface area contributed by atoms with E-state index in [0.717, 1.165) is 18.5 Å². The molecule has 1 fully saturated rings. The summed E-state index contributed by atoms with van der Waals surface area (Å²) < 4.78 is 0. The van der Waals surface area contributed by atoms with Crippen LogP contribution < -0.4 is 5.32 Å². The second-order valence-corrected chi connectivity index (χ2v) is 8.19. The van der Waals surface area contributed by atoms with Crippen molar-refractivity contribution in [1.82, 2.24) is 10.3 Å². The molecular formula is C22H32N2. The quantitative estimate of drug-likeness (QED) is 0.768. The van der Waals surface area contributed by atoms with Gasteiger partial charge in [-0.25, -0.2) is 0 Å². The van der Waals surface area contributed by atoms with Crippen molar-refractivity contribution in [1.29, 1.82) is 0 Å². The van der Waals surface area contributed by atoms with Crippen LogP contribution >= 0.6 is 0 Å². The van der Waals surface area contributed by atoms with Gasteiger partial charge in [0.1, 0.15) is 0 Å². The Hall–Kier alpha value is -1.28. The van der Waals surface area contributed by atoms with Gasteiger partial charge in [0.2, 0.25) is 0 Å². The number of fused-ring (bicyclic) bond motifs is 3. The van der Waals surface area contributed by atoms with Gasteiger partial charge in [-0.1, -0.05) is 25.0 Å². The molecule has 2 aliphatic rings. The van der Waals surface area contributed by atoms with Crippen LogP contribution in [0.1, 0.15) is 74.6 Å². The lowest BCUT2D eigenvalue weighted by Gasteiger charge is -2.31. The summed E-state index contributed by atoms with van der Waals surface area (Å²) in [6.07, 6.45) is 10.9. The third-order valence-electron chi connectivity index (χ3n) is 6.56. The summed E-state index contributed by atoms with van der Waals surface area (Å²) >= 11 is 0. The Balaban J connectivity index is 1.45. The van der Waals surface area contributed by atoms with Gasteiger partial charge in [0, 0.05) is 35.1 Å². The first kappa shape index (κ1) is 16.2. The zero-order valence-corrected chi connectivity index (χ0v) is 15.3. The van der Waals surface area contributed by atoms with Crippen molar-refractivity contribution in [3.05, 3.63) is 35.0 Å². The highest BCUT2D eigenvalue weighted by Crippen LogP contribution is 2.36. The monoisotopic (exact) mass is 324 g/mol. The summed E-state index contributed by atoms with van der Waals surface area (Å²) in [6.45, 7) is 5.70. The van der Waals surface area contributed by atoms with Crippen LogP contribution in [0, 0.1) is 12.8 Å². The smallest absolute Gasteiger partial charge is 0.0459 e. The van der Waals surface area contributed by atoms with Gasteiger partial charge in [0.15, 0.2) is 0 Å². The van der Waals surface area contributed by atoms with Crippen LogP contribution in [0.2, 0.25) is 0 Å². The number of hydrogen-bond acceptors (Lipinski definition) is 1. The molecule has 0 aliphatic heterocycles. The van der Waals surface area contributed by atoms with E-state index in [1.165, 1.54) is 73.5 Å². The van der Waals surface area contributed by atoms with Crippen molar-refractivity contribution in [3.8, 4) is 0 Å². The van der Waals surface area contributed by atoms with Gasteiger partial charge < -0.3 is 10.3 Å². The highest BCUT2D eigenvalue weighted by atomic mass is 14.9. The minimum Gasteiger partial charge on any atom is -0.358 e. The summed E-state index contributed by atoms with van der Waals surface area (Å²) in [5.41, 5.74) is 5.83. The van der Waals surface area contributed by atoms with Crippen molar-refractivity contribution in [2.24, 2.45) is 5.92 Å². The van der Waals surface area contributed by atoms with Crippen LogP contribution in [0.3, 0.4) is 0 Å². The SMILES string of the molecule is CCC1CCC(NCC2CCCc3c2[nH]c2ccc(C)cc32)CC1. The second-order valence-electron chi connectivity index (χ2n) is 8.19. The summed E-state index contributed by atoms with van der Waals surface area (Å²) in [7, 11) is 0. The maximum Gasteiger partial charge on any atom is 0.0459 e. The number of benzene rings is 1. The molecule has 130 valence electrons. The van der Waals surface area contributed by atoms with Gasteiger partial charge in [-0.2, -0.15) is 0 Å². The lowest BCUT2D eigenvalue weighted by atomic mass is 9.83. The molecule has 2 nitrogen and oxygen atoms in total. The lowest BCUT2D eigenvalue weighted by Crippen LogP contribution is -2.36. The van der Waals surface area contributed by atoms with E-state index in [2.05, 4.69) is 42.3 Å². The standard InChI is InChI=1S/C22H32N2/c1-3-16-8-10-18(11-9-16)23-14-17-5-4-6-19-20-13-15(2)7-12-21(20)24-22(17)19/h7,12-13,16-18,23-24H,3-6,8-11,14H2,1-2H3. The zero-order chi connectivity index (χ0) is 16.5. The van der Waals surface area contributed by atoms with Crippen molar-refractivity contribution in [2.45, 2.75) is 77.2 Å². The Kier molecular flexibility index (Phi) is 4.67. The van der Waals surface area contributed by atoms with Crippen LogP contribution in [0.25, 0.3) is 10.9 Å². The van der Waals surface area contributed by atoms with E-state index in [1.54, 1.807) is 5.56 Å². The molecule has 1 aromatic carbocycles. The van der Waals surface area contributed by atoms with E-state index in [0.29, 0.717) is 5.92 Å². The maximum atomic E-state index is 3.91. The van der Waals surface area contributed by atoms with Crippen LogP contribution in [0.4, 0.5) is 0 Å². The molecule has 0 saturated heterocycles. The molecule has 24 heavy (non-hydrogen) atoms. The largest absolute Gasteiger partial charge is 0.358 e. The van der Waals surface area contributed by atoms with Gasteiger partial charge in [0.25, 0.3) is 0 Å². The van der Waals surface area contributed by atoms with Crippen LogP contribution in [0.5, 0.6) is 0 Å². The predicted molar refractivity (Wildman–Crippen MR) is 103 cm³/mol. The fourth-order valence-corrected chi connectivity index (χ4v) is 4.96. The van der Waals surface area contributed by atoms with E-state index in [4.69, 9.17) is 0 Å². The van der Waals surface area contributed by atoms with Gasteiger partial charge in [0.05, 0.1) is 0 Å². The molecule has 2 N–H and O–H groups in total. The minimum atomic E-state index is 0.672. The molecule has 2 aliphatic carbocycles. The van der Waals surface area contributed by atoms with Gasteiger partial charge in [-0.05, 0) is 75.5 Å². The molecule has 2 aromatic rings. The van der Waals surface area contributed by atoms with Crippen molar-refractivity contribution < 1.29 is 0 Å². The first-order chi connectivity index (χ1) is 11.7. The second kappa shape index (κ2) is 6.92. The fourth-order valence-electron chi connectivity index (χ4n) is 4.96. The number of H-pyrrole nitrogens is 1. The van der Waals surface area contributed by atoms with Gasteiger partial charge in [-0.3, -0.25) is 0 Å². The Morgan fingerprint density at radius 3 is 2.75 bits per heavy atom. The number of aromatic amines is 1. The first-order valence-electron chi connectivity index (χ1n) is 10.1. The molecule has 1 heterocycles. The highest BCUT2D eigenvalue weighted by molar-refractivity contribution is 5.85. The average molecular weight is 325 g/mol. The minimum absolute atomic E-state index is 0.672. The van der Waals surface area contributed by atoms with E-state index >= 15 is 0 Å². The third-order valence-corrected chi connectivity index (χ3v) is 6.56. The molecule has 1 saturated carbocycles. The third kappa shape index (κ3) is 3.13. The van der Waals surface area contributed by atoms with Crippen molar-refractivity contribution in [3.63, 3.8) is 0 Å². The first-order valence-corrected chi connectivity index (χ1v) is 10.1. The Labute approximate surface area is 146 Å². The van der Waals surface area contributed by atoms with E-state index < -0.39 is 0 Å². The number of nitrogens with one attached hydrogen (secondary N) is 2. The number of aryl methyl sites for hydroxylation is 2.